The fourth-order valence-electron chi connectivity index (χ4n) is 5.47. The Kier molecular flexibility index (Phi) is 5.74. The summed E-state index contributed by atoms with van der Waals surface area (Å²) in [5.41, 5.74) is 3.52. The third-order valence-corrected chi connectivity index (χ3v) is 8.73. The smallest absolute Gasteiger partial charge is 0.313 e. The molecule has 1 aromatic heterocycles. The molecule has 2 aliphatic heterocycles. The number of aliphatic hydroxyl groups is 1. The Morgan fingerprint density at radius 3 is 2.55 bits per heavy atom. The van der Waals surface area contributed by atoms with E-state index >= 15 is 0 Å². The molecule has 0 radical (unpaired) electrons. The zero-order valence-electron chi connectivity index (χ0n) is 18.8. The van der Waals surface area contributed by atoms with Crippen molar-refractivity contribution in [2.24, 2.45) is 0 Å². The molecule has 1 fully saturated rings. The van der Waals surface area contributed by atoms with Crippen LogP contribution in [0.25, 0.3) is 0 Å². The molecule has 5 rings (SSSR count). The lowest BCUT2D eigenvalue weighted by molar-refractivity contribution is -0.136. The van der Waals surface area contributed by atoms with Gasteiger partial charge < -0.3 is 20.6 Å². The van der Waals surface area contributed by atoms with Crippen molar-refractivity contribution in [1.82, 2.24) is 5.32 Å². The van der Waals surface area contributed by atoms with E-state index in [9.17, 15) is 19.5 Å². The van der Waals surface area contributed by atoms with Gasteiger partial charge in [0.1, 0.15) is 0 Å². The second-order valence-electron chi connectivity index (χ2n) is 9.44. The standard InChI is InChI=1S/C25H29N3O4S/c1-15(29)19-5-6-20(33-19)25(9-2-3-10-25)14-26-23(31)24(32)27-18-12-16-4-7-21(30)28-11-8-17(13-18)22(16)28/h5-6,12-13,15,29H,2-4,7-11,14H2,1H3,(H,26,31)(H,27,32). The zero-order chi connectivity index (χ0) is 23.2. The molecule has 33 heavy (non-hydrogen) atoms. The van der Waals surface area contributed by atoms with Crippen LogP contribution in [0.2, 0.25) is 0 Å². The van der Waals surface area contributed by atoms with E-state index in [1.165, 1.54) is 0 Å². The summed E-state index contributed by atoms with van der Waals surface area (Å²) in [5, 5.41) is 15.5. The summed E-state index contributed by atoms with van der Waals surface area (Å²) in [6.07, 6.45) is 5.48. The van der Waals surface area contributed by atoms with Crippen molar-refractivity contribution in [2.75, 3.05) is 23.3 Å². The highest BCUT2D eigenvalue weighted by Crippen LogP contribution is 2.44. The lowest BCUT2D eigenvalue weighted by Crippen LogP contribution is -2.43. The van der Waals surface area contributed by atoms with E-state index in [2.05, 4.69) is 16.7 Å². The molecule has 1 aliphatic carbocycles. The Morgan fingerprint density at radius 1 is 1.12 bits per heavy atom. The molecule has 2 aromatic rings. The zero-order valence-corrected chi connectivity index (χ0v) is 19.6. The Balaban J connectivity index is 1.26. The minimum atomic E-state index is -0.673. The van der Waals surface area contributed by atoms with Gasteiger partial charge in [-0.3, -0.25) is 14.4 Å². The van der Waals surface area contributed by atoms with Gasteiger partial charge in [-0.15, -0.1) is 11.3 Å². The molecule has 3 amide bonds. The van der Waals surface area contributed by atoms with Crippen LogP contribution in [0.1, 0.15) is 66.0 Å². The maximum Gasteiger partial charge on any atom is 0.313 e. The van der Waals surface area contributed by atoms with Crippen LogP contribution < -0.4 is 15.5 Å². The number of hydrogen-bond donors (Lipinski definition) is 3. The lowest BCUT2D eigenvalue weighted by Gasteiger charge is -2.28. The van der Waals surface area contributed by atoms with Gasteiger partial charge in [0.15, 0.2) is 0 Å². The first kappa shape index (κ1) is 22.1. The third kappa shape index (κ3) is 4.06. The predicted octanol–water partition coefficient (Wildman–Crippen LogP) is 3.20. The van der Waals surface area contributed by atoms with Crippen LogP contribution in [-0.4, -0.2) is 35.9 Å². The maximum atomic E-state index is 12.7. The molecule has 0 saturated heterocycles. The van der Waals surface area contributed by atoms with Crippen LogP contribution in [0.4, 0.5) is 11.4 Å². The number of anilines is 2. The SMILES string of the molecule is CC(O)c1ccc(C2(CNC(=O)C(=O)Nc3cc4c5c(c3)CCN5C(=O)CC4)CCCC2)s1. The average Bonchev–Trinajstić information content (AvgIpc) is 3.55. The molecular formula is C25H29N3O4S. The van der Waals surface area contributed by atoms with E-state index in [0.717, 1.165) is 58.7 Å². The monoisotopic (exact) mass is 467 g/mol. The van der Waals surface area contributed by atoms with Gasteiger partial charge in [-0.25, -0.2) is 0 Å². The highest BCUT2D eigenvalue weighted by atomic mass is 32.1. The summed E-state index contributed by atoms with van der Waals surface area (Å²) in [7, 11) is 0. The van der Waals surface area contributed by atoms with Gasteiger partial charge in [0.25, 0.3) is 0 Å². The van der Waals surface area contributed by atoms with Crippen LogP contribution in [0.3, 0.4) is 0 Å². The first-order chi connectivity index (χ1) is 15.9. The molecule has 0 spiro atoms. The van der Waals surface area contributed by atoms with Crippen molar-refractivity contribution < 1.29 is 19.5 Å². The molecule has 1 saturated carbocycles. The molecule has 7 nitrogen and oxygen atoms in total. The Hall–Kier alpha value is -2.71. The number of hydrogen-bond acceptors (Lipinski definition) is 5. The number of carbonyl (C=O) groups is 3. The average molecular weight is 468 g/mol. The summed E-state index contributed by atoms with van der Waals surface area (Å²) < 4.78 is 0. The van der Waals surface area contributed by atoms with E-state index in [0.29, 0.717) is 31.6 Å². The van der Waals surface area contributed by atoms with Gasteiger partial charge in [-0.1, -0.05) is 12.8 Å². The fraction of sp³-hybridized carbons (Fsp3) is 0.480. The Labute approximate surface area is 197 Å². The maximum absolute atomic E-state index is 12.7. The van der Waals surface area contributed by atoms with Crippen LogP contribution in [0.15, 0.2) is 24.3 Å². The molecule has 3 aliphatic rings. The quantitative estimate of drug-likeness (QED) is 0.588. The molecular weight excluding hydrogens is 438 g/mol. The van der Waals surface area contributed by atoms with Gasteiger partial charge in [-0.05, 0) is 68.0 Å². The molecule has 174 valence electrons. The van der Waals surface area contributed by atoms with E-state index in [1.54, 1.807) is 18.3 Å². The number of rotatable bonds is 5. The molecule has 8 heteroatoms. The Morgan fingerprint density at radius 2 is 1.85 bits per heavy atom. The van der Waals surface area contributed by atoms with Crippen LogP contribution in [0, 0.1) is 0 Å². The number of nitrogens with zero attached hydrogens (tertiary/aromatic N) is 1. The minimum absolute atomic E-state index is 0.157. The highest BCUT2D eigenvalue weighted by Gasteiger charge is 2.38. The van der Waals surface area contributed by atoms with E-state index in [1.807, 2.05) is 23.1 Å². The van der Waals surface area contributed by atoms with Crippen molar-refractivity contribution in [3.05, 3.63) is 45.1 Å². The molecule has 0 bridgehead atoms. The number of amides is 3. The highest BCUT2D eigenvalue weighted by molar-refractivity contribution is 7.12. The van der Waals surface area contributed by atoms with E-state index in [-0.39, 0.29) is 11.3 Å². The van der Waals surface area contributed by atoms with Gasteiger partial charge >= 0.3 is 11.8 Å². The van der Waals surface area contributed by atoms with Gasteiger partial charge in [0.2, 0.25) is 5.91 Å². The number of thiophene rings is 1. The van der Waals surface area contributed by atoms with E-state index < -0.39 is 17.9 Å². The second kappa shape index (κ2) is 8.57. The normalized spacial score (nSPS) is 19.3. The van der Waals surface area contributed by atoms with Gasteiger partial charge in [-0.2, -0.15) is 0 Å². The molecule has 3 heterocycles. The van der Waals surface area contributed by atoms with Gasteiger partial charge in [0.05, 0.1) is 11.8 Å². The summed E-state index contributed by atoms with van der Waals surface area (Å²) in [5.74, 6) is -1.16. The number of benzene rings is 1. The van der Waals surface area contributed by atoms with Gasteiger partial charge in [0, 0.05) is 40.4 Å². The van der Waals surface area contributed by atoms with E-state index in [4.69, 9.17) is 0 Å². The topological polar surface area (TPSA) is 98.7 Å². The first-order valence-electron chi connectivity index (χ1n) is 11.7. The lowest BCUT2D eigenvalue weighted by atomic mass is 9.84. The van der Waals surface area contributed by atoms with Crippen LogP contribution >= 0.6 is 11.3 Å². The van der Waals surface area contributed by atoms with Crippen molar-refractivity contribution in [3.8, 4) is 0 Å². The fourth-order valence-corrected chi connectivity index (χ4v) is 6.66. The van der Waals surface area contributed by atoms with Crippen molar-refractivity contribution >= 4 is 40.4 Å². The Bertz CT molecular complexity index is 1120. The summed E-state index contributed by atoms with van der Waals surface area (Å²) in [6, 6.07) is 7.77. The summed E-state index contributed by atoms with van der Waals surface area (Å²) >= 11 is 1.59. The molecule has 1 aromatic carbocycles. The van der Waals surface area contributed by atoms with Crippen molar-refractivity contribution in [3.63, 3.8) is 0 Å². The molecule has 1 atom stereocenters. The third-order valence-electron chi connectivity index (χ3n) is 7.23. The summed E-state index contributed by atoms with van der Waals surface area (Å²) in [6.45, 7) is 2.84. The predicted molar refractivity (Wildman–Crippen MR) is 128 cm³/mol. The van der Waals surface area contributed by atoms with Crippen molar-refractivity contribution in [2.45, 2.75) is 63.4 Å². The number of nitrogens with one attached hydrogen (secondary N) is 2. The molecule has 1 unspecified atom stereocenters. The number of aliphatic hydroxyl groups excluding tert-OH is 1. The minimum Gasteiger partial charge on any atom is -0.388 e. The van der Waals surface area contributed by atoms with Crippen LogP contribution in [-0.2, 0) is 32.6 Å². The molecule has 3 N–H and O–H groups in total. The largest absolute Gasteiger partial charge is 0.388 e. The number of aryl methyl sites for hydroxylation is 1. The van der Waals surface area contributed by atoms with Crippen LogP contribution in [0.5, 0.6) is 0 Å². The second-order valence-corrected chi connectivity index (χ2v) is 10.6. The summed E-state index contributed by atoms with van der Waals surface area (Å²) in [4.78, 5) is 41.4. The first-order valence-corrected chi connectivity index (χ1v) is 12.5. The van der Waals surface area contributed by atoms with Crippen molar-refractivity contribution in [1.29, 1.82) is 0 Å². The number of carbonyl (C=O) groups excluding carboxylic acids is 3.